The van der Waals surface area contributed by atoms with E-state index < -0.39 is 23.8 Å². The first-order valence-electron chi connectivity index (χ1n) is 5.16. The molecule has 0 heterocycles. The number of rotatable bonds is 4. The van der Waals surface area contributed by atoms with E-state index in [0.29, 0.717) is 0 Å². The lowest BCUT2D eigenvalue weighted by atomic mass is 10.2. The van der Waals surface area contributed by atoms with Crippen LogP contribution in [-0.2, 0) is 9.53 Å². The molecule has 1 amide bonds. The molecule has 1 aromatic carbocycles. The largest absolute Gasteiger partial charge is 0.446 e. The van der Waals surface area contributed by atoms with Gasteiger partial charge in [-0.3, -0.25) is 9.59 Å². The average molecular weight is 250 g/mol. The van der Waals surface area contributed by atoms with E-state index in [0.717, 1.165) is 6.07 Å². The number of nitrogens with one attached hydrogen (secondary N) is 1. The molecule has 0 bridgehead atoms. The molecule has 0 spiro atoms. The highest BCUT2D eigenvalue weighted by molar-refractivity contribution is 5.95. The van der Waals surface area contributed by atoms with Gasteiger partial charge in [-0.05, 0) is 25.1 Å². The van der Waals surface area contributed by atoms with Gasteiger partial charge >= 0.3 is 5.97 Å². The van der Waals surface area contributed by atoms with Crippen molar-refractivity contribution < 1.29 is 18.7 Å². The number of amides is 1. The minimum atomic E-state index is -0.872. The molecule has 0 saturated carbocycles. The van der Waals surface area contributed by atoms with Crippen molar-refractivity contribution in [1.29, 1.82) is 5.26 Å². The summed E-state index contributed by atoms with van der Waals surface area (Å²) in [5.41, 5.74) is 0.108. The molecule has 5 nitrogen and oxygen atoms in total. The summed E-state index contributed by atoms with van der Waals surface area (Å²) >= 11 is 0. The zero-order chi connectivity index (χ0) is 13.5. The van der Waals surface area contributed by atoms with Crippen LogP contribution in [0.5, 0.6) is 0 Å². The lowest BCUT2D eigenvalue weighted by Crippen LogP contribution is -2.31. The fourth-order valence-corrected chi connectivity index (χ4v) is 1.15. The second-order valence-electron chi connectivity index (χ2n) is 3.45. The molecule has 0 aliphatic rings. The van der Waals surface area contributed by atoms with Gasteiger partial charge in [0, 0.05) is 5.56 Å². The van der Waals surface area contributed by atoms with E-state index in [2.05, 4.69) is 10.1 Å². The molecule has 1 N–H and O–H groups in total. The second-order valence-corrected chi connectivity index (χ2v) is 3.45. The van der Waals surface area contributed by atoms with Gasteiger partial charge in [0.05, 0.1) is 0 Å². The van der Waals surface area contributed by atoms with Crippen molar-refractivity contribution in [2.45, 2.75) is 13.0 Å². The lowest BCUT2D eigenvalue weighted by Gasteiger charge is -2.07. The second kappa shape index (κ2) is 6.35. The van der Waals surface area contributed by atoms with Gasteiger partial charge in [0.2, 0.25) is 0 Å². The third-order valence-electron chi connectivity index (χ3n) is 1.97. The third-order valence-corrected chi connectivity index (χ3v) is 1.97. The Bertz CT molecular complexity index is 496. The van der Waals surface area contributed by atoms with Gasteiger partial charge in [0.15, 0.2) is 6.10 Å². The zero-order valence-electron chi connectivity index (χ0n) is 9.64. The van der Waals surface area contributed by atoms with Crippen molar-refractivity contribution in [1.82, 2.24) is 5.32 Å². The Morgan fingerprint density at radius 2 is 2.28 bits per heavy atom. The molecule has 94 valence electrons. The summed E-state index contributed by atoms with van der Waals surface area (Å²) in [5, 5.41) is 10.7. The van der Waals surface area contributed by atoms with Crippen LogP contribution in [0.1, 0.15) is 17.3 Å². The maximum atomic E-state index is 12.8. The number of ether oxygens (including phenoxy) is 1. The van der Waals surface area contributed by atoms with Crippen molar-refractivity contribution in [3.8, 4) is 6.07 Å². The molecule has 6 heteroatoms. The molecule has 1 rings (SSSR count). The topological polar surface area (TPSA) is 79.2 Å². The van der Waals surface area contributed by atoms with Crippen molar-refractivity contribution in [3.63, 3.8) is 0 Å². The van der Waals surface area contributed by atoms with Gasteiger partial charge in [-0.15, -0.1) is 0 Å². The van der Waals surface area contributed by atoms with E-state index in [4.69, 9.17) is 5.26 Å². The lowest BCUT2D eigenvalue weighted by molar-refractivity contribution is -0.144. The average Bonchev–Trinajstić information content (AvgIpc) is 2.35. The molecule has 1 aromatic rings. The summed E-state index contributed by atoms with van der Waals surface area (Å²) in [6.07, 6.45) is -0.872. The number of nitrogens with zero attached hydrogens (tertiary/aromatic N) is 1. The van der Waals surface area contributed by atoms with Gasteiger partial charge in [-0.2, -0.15) is 5.26 Å². The SMILES string of the molecule is C[C@@H](C#N)OC(=O)CNC(=O)c1cccc(F)c1. The summed E-state index contributed by atoms with van der Waals surface area (Å²) < 4.78 is 17.5. The number of nitriles is 1. The van der Waals surface area contributed by atoms with Crippen molar-refractivity contribution in [3.05, 3.63) is 35.6 Å². The Morgan fingerprint density at radius 3 is 2.89 bits per heavy atom. The fraction of sp³-hybridized carbons (Fsp3) is 0.250. The van der Waals surface area contributed by atoms with Crippen LogP contribution in [0, 0.1) is 17.1 Å². The molecule has 0 saturated heterocycles. The third kappa shape index (κ3) is 4.22. The van der Waals surface area contributed by atoms with Crippen LogP contribution in [-0.4, -0.2) is 24.5 Å². The predicted molar refractivity (Wildman–Crippen MR) is 59.9 cm³/mol. The molecule has 0 radical (unpaired) electrons. The molecule has 0 aromatic heterocycles. The highest BCUT2D eigenvalue weighted by Gasteiger charge is 2.11. The van der Waals surface area contributed by atoms with E-state index in [9.17, 15) is 14.0 Å². The zero-order valence-corrected chi connectivity index (χ0v) is 9.64. The number of benzene rings is 1. The Morgan fingerprint density at radius 1 is 1.56 bits per heavy atom. The highest BCUT2D eigenvalue weighted by Crippen LogP contribution is 2.02. The summed E-state index contributed by atoms with van der Waals surface area (Å²) in [6.45, 7) is 1.04. The Kier molecular flexibility index (Phi) is 4.81. The highest BCUT2D eigenvalue weighted by atomic mass is 19.1. The van der Waals surface area contributed by atoms with Crippen LogP contribution in [0.4, 0.5) is 4.39 Å². The van der Waals surface area contributed by atoms with Crippen LogP contribution >= 0.6 is 0 Å². The minimum Gasteiger partial charge on any atom is -0.446 e. The fourth-order valence-electron chi connectivity index (χ4n) is 1.15. The van der Waals surface area contributed by atoms with Crippen LogP contribution in [0.15, 0.2) is 24.3 Å². The predicted octanol–water partition coefficient (Wildman–Crippen LogP) is 1.01. The minimum absolute atomic E-state index is 0.108. The molecular formula is C12H11FN2O3. The first-order chi connectivity index (χ1) is 8.52. The molecular weight excluding hydrogens is 239 g/mol. The number of carbonyl (C=O) groups excluding carboxylic acids is 2. The quantitative estimate of drug-likeness (QED) is 0.809. The van der Waals surface area contributed by atoms with Gasteiger partial charge in [-0.1, -0.05) is 6.07 Å². The maximum absolute atomic E-state index is 12.8. The van der Waals surface area contributed by atoms with E-state index in [1.165, 1.54) is 25.1 Å². The van der Waals surface area contributed by atoms with Crippen LogP contribution in [0.3, 0.4) is 0 Å². The van der Waals surface area contributed by atoms with Crippen LogP contribution < -0.4 is 5.32 Å². The molecule has 0 unspecified atom stereocenters. The Hall–Kier alpha value is -2.42. The summed E-state index contributed by atoms with van der Waals surface area (Å²) in [7, 11) is 0. The number of hydrogen-bond acceptors (Lipinski definition) is 4. The van der Waals surface area contributed by atoms with Crippen LogP contribution in [0.2, 0.25) is 0 Å². The van der Waals surface area contributed by atoms with Gasteiger partial charge < -0.3 is 10.1 Å². The monoisotopic (exact) mass is 250 g/mol. The van der Waals surface area contributed by atoms with Gasteiger partial charge in [-0.25, -0.2) is 4.39 Å². The standard InChI is InChI=1S/C12H11FN2O3/c1-8(6-14)18-11(16)7-15-12(17)9-3-2-4-10(13)5-9/h2-5,8H,7H2,1H3,(H,15,17)/t8-/m0/s1. The van der Waals surface area contributed by atoms with Crippen molar-refractivity contribution in [2.75, 3.05) is 6.54 Å². The number of carbonyl (C=O) groups is 2. The Labute approximate surface area is 103 Å². The van der Waals surface area contributed by atoms with E-state index in [-0.39, 0.29) is 12.1 Å². The summed E-state index contributed by atoms with van der Waals surface area (Å²) in [5.74, 6) is -1.85. The summed E-state index contributed by atoms with van der Waals surface area (Å²) in [6, 6.07) is 6.79. The maximum Gasteiger partial charge on any atom is 0.326 e. The van der Waals surface area contributed by atoms with E-state index >= 15 is 0 Å². The Balaban J connectivity index is 2.47. The van der Waals surface area contributed by atoms with Crippen LogP contribution in [0.25, 0.3) is 0 Å². The summed E-state index contributed by atoms with van der Waals surface area (Å²) in [4.78, 5) is 22.7. The van der Waals surface area contributed by atoms with E-state index in [1.807, 2.05) is 0 Å². The van der Waals surface area contributed by atoms with E-state index in [1.54, 1.807) is 6.07 Å². The van der Waals surface area contributed by atoms with Crippen molar-refractivity contribution >= 4 is 11.9 Å². The first kappa shape index (κ1) is 13.6. The molecule has 0 aliphatic carbocycles. The number of halogens is 1. The first-order valence-corrected chi connectivity index (χ1v) is 5.16. The molecule has 0 fully saturated rings. The van der Waals surface area contributed by atoms with Gasteiger partial charge in [0.25, 0.3) is 5.91 Å². The van der Waals surface area contributed by atoms with Crippen molar-refractivity contribution in [2.24, 2.45) is 0 Å². The smallest absolute Gasteiger partial charge is 0.326 e. The molecule has 18 heavy (non-hydrogen) atoms. The number of esters is 1. The molecule has 1 atom stereocenters. The van der Waals surface area contributed by atoms with Gasteiger partial charge in [0.1, 0.15) is 18.4 Å². The molecule has 0 aliphatic heterocycles. The number of hydrogen-bond donors (Lipinski definition) is 1. The normalized spacial score (nSPS) is 11.2.